The summed E-state index contributed by atoms with van der Waals surface area (Å²) in [5.74, 6) is -0.486. The molecule has 0 radical (unpaired) electrons. The Morgan fingerprint density at radius 1 is 0.840 bits per heavy atom. The van der Waals surface area contributed by atoms with Gasteiger partial charge in [-0.1, -0.05) is 36.4 Å². The Morgan fingerprint density at radius 3 is 2.40 bits per heavy atom. The summed E-state index contributed by atoms with van der Waals surface area (Å²) in [4.78, 5) is 4.40. The van der Waals surface area contributed by atoms with E-state index in [1.807, 2.05) is 36.4 Å². The van der Waals surface area contributed by atoms with Crippen LogP contribution in [-0.2, 0) is 10.0 Å². The molecule has 4 rings (SSSR count). The first-order valence-corrected chi connectivity index (χ1v) is 9.08. The summed E-state index contributed by atoms with van der Waals surface area (Å²) in [6.45, 7) is 0. The lowest BCUT2D eigenvalue weighted by Crippen LogP contribution is -2.13. The number of hydrogen-bond donors (Lipinski definition) is 1. The molecule has 0 saturated heterocycles. The fourth-order valence-electron chi connectivity index (χ4n) is 2.79. The number of nitrogens with zero attached hydrogens (tertiary/aromatic N) is 1. The van der Waals surface area contributed by atoms with E-state index in [1.165, 1.54) is 12.1 Å². The minimum absolute atomic E-state index is 0.000323. The number of fused-ring (bicyclic) bond motifs is 3. The van der Waals surface area contributed by atoms with Crippen molar-refractivity contribution in [3.63, 3.8) is 0 Å². The molecule has 4 nitrogen and oxygen atoms in total. The molecule has 0 aliphatic heterocycles. The van der Waals surface area contributed by atoms with E-state index < -0.39 is 15.8 Å². The fraction of sp³-hybridized carbons (Fsp3) is 0. The summed E-state index contributed by atoms with van der Waals surface area (Å²) in [7, 11) is -3.82. The van der Waals surface area contributed by atoms with Gasteiger partial charge in [0.15, 0.2) is 0 Å². The molecule has 1 heterocycles. The minimum Gasteiger partial charge on any atom is -0.279 e. The Hall–Kier alpha value is -2.99. The van der Waals surface area contributed by atoms with Gasteiger partial charge in [0.1, 0.15) is 5.82 Å². The predicted octanol–water partition coefficient (Wildman–Crippen LogP) is 4.33. The Balaban J connectivity index is 1.84. The number of rotatable bonds is 3. The molecule has 0 spiro atoms. The second kappa shape index (κ2) is 5.82. The molecule has 0 saturated carbocycles. The number of aromatic nitrogens is 1. The third-order valence-corrected chi connectivity index (χ3v) is 5.39. The average molecular weight is 352 g/mol. The number of pyridine rings is 1. The summed E-state index contributed by atoms with van der Waals surface area (Å²) in [6.07, 6.45) is 1.57. The lowest BCUT2D eigenvalue weighted by atomic mass is 10.1. The van der Waals surface area contributed by atoms with Gasteiger partial charge >= 0.3 is 0 Å². The molecule has 0 aliphatic carbocycles. The lowest BCUT2D eigenvalue weighted by molar-refractivity contribution is 0.599. The monoisotopic (exact) mass is 352 g/mol. The summed E-state index contributed by atoms with van der Waals surface area (Å²) in [6, 6.07) is 17.9. The highest BCUT2D eigenvalue weighted by Gasteiger charge is 2.16. The summed E-state index contributed by atoms with van der Waals surface area (Å²) < 4.78 is 40.7. The minimum atomic E-state index is -3.82. The molecular formula is C19H13FN2O2S. The number of benzene rings is 3. The molecule has 1 aromatic heterocycles. The first-order valence-electron chi connectivity index (χ1n) is 7.59. The quantitative estimate of drug-likeness (QED) is 0.558. The maximum atomic E-state index is 13.0. The highest BCUT2D eigenvalue weighted by atomic mass is 32.2. The Morgan fingerprint density at radius 2 is 1.60 bits per heavy atom. The standard InChI is InChI=1S/C19H13FN2O2S/c20-14-6-8-15(9-7-14)25(23,24)22-18-11-12-21-19-16-4-2-1-3-13(16)5-10-17(18)19/h1-12H,(H,21,22). The molecule has 25 heavy (non-hydrogen) atoms. The zero-order valence-electron chi connectivity index (χ0n) is 13.0. The van der Waals surface area contributed by atoms with Gasteiger partial charge in [0.05, 0.1) is 16.1 Å². The van der Waals surface area contributed by atoms with Crippen LogP contribution in [-0.4, -0.2) is 13.4 Å². The Kier molecular flexibility index (Phi) is 3.62. The van der Waals surface area contributed by atoms with Gasteiger partial charge in [-0.2, -0.15) is 0 Å². The average Bonchev–Trinajstić information content (AvgIpc) is 2.62. The first kappa shape index (κ1) is 15.5. The topological polar surface area (TPSA) is 59.1 Å². The molecule has 124 valence electrons. The molecule has 1 N–H and O–H groups in total. The van der Waals surface area contributed by atoms with Crippen LogP contribution in [0.4, 0.5) is 10.1 Å². The van der Waals surface area contributed by atoms with Crippen LogP contribution in [0.5, 0.6) is 0 Å². The van der Waals surface area contributed by atoms with E-state index in [0.29, 0.717) is 11.1 Å². The molecule has 0 amide bonds. The van der Waals surface area contributed by atoms with E-state index >= 15 is 0 Å². The predicted molar refractivity (Wildman–Crippen MR) is 96.5 cm³/mol. The second-order valence-corrected chi connectivity index (χ2v) is 7.28. The SMILES string of the molecule is O=S(=O)(Nc1ccnc2c1ccc1ccccc12)c1ccc(F)cc1. The van der Waals surface area contributed by atoms with E-state index in [9.17, 15) is 12.8 Å². The van der Waals surface area contributed by atoms with Crippen LogP contribution in [0.3, 0.4) is 0 Å². The first-order chi connectivity index (χ1) is 12.0. The third kappa shape index (κ3) is 2.81. The third-order valence-electron chi connectivity index (χ3n) is 4.00. The van der Waals surface area contributed by atoms with Crippen LogP contribution < -0.4 is 4.72 Å². The van der Waals surface area contributed by atoms with Crippen molar-refractivity contribution in [2.75, 3.05) is 4.72 Å². The van der Waals surface area contributed by atoms with Crippen molar-refractivity contribution >= 4 is 37.4 Å². The van der Waals surface area contributed by atoms with Crippen LogP contribution in [0.15, 0.2) is 77.8 Å². The molecule has 4 aromatic rings. The van der Waals surface area contributed by atoms with Gasteiger partial charge in [0.25, 0.3) is 10.0 Å². The Labute approximate surface area is 144 Å². The normalized spacial score (nSPS) is 11.7. The van der Waals surface area contributed by atoms with Crippen molar-refractivity contribution in [1.29, 1.82) is 0 Å². The van der Waals surface area contributed by atoms with Crippen LogP contribution in [0.2, 0.25) is 0 Å². The van der Waals surface area contributed by atoms with Crippen LogP contribution in [0.25, 0.3) is 21.7 Å². The number of nitrogens with one attached hydrogen (secondary N) is 1. The number of halogens is 1. The molecular weight excluding hydrogens is 339 g/mol. The van der Waals surface area contributed by atoms with Crippen molar-refractivity contribution in [1.82, 2.24) is 4.98 Å². The number of sulfonamides is 1. The molecule has 6 heteroatoms. The number of anilines is 1. The number of hydrogen-bond acceptors (Lipinski definition) is 3. The van der Waals surface area contributed by atoms with Crippen molar-refractivity contribution in [2.24, 2.45) is 0 Å². The zero-order valence-corrected chi connectivity index (χ0v) is 13.8. The van der Waals surface area contributed by atoms with E-state index in [4.69, 9.17) is 0 Å². The van der Waals surface area contributed by atoms with Crippen LogP contribution in [0.1, 0.15) is 0 Å². The molecule has 0 fully saturated rings. The van der Waals surface area contributed by atoms with E-state index in [-0.39, 0.29) is 4.90 Å². The molecule has 3 aromatic carbocycles. The molecule has 0 atom stereocenters. The summed E-state index contributed by atoms with van der Waals surface area (Å²) >= 11 is 0. The largest absolute Gasteiger partial charge is 0.279 e. The maximum Gasteiger partial charge on any atom is 0.261 e. The van der Waals surface area contributed by atoms with Gasteiger partial charge in [-0.3, -0.25) is 9.71 Å². The summed E-state index contributed by atoms with van der Waals surface area (Å²) in [5.41, 5.74) is 1.15. The van der Waals surface area contributed by atoms with E-state index in [2.05, 4.69) is 9.71 Å². The van der Waals surface area contributed by atoms with E-state index in [1.54, 1.807) is 12.3 Å². The van der Waals surface area contributed by atoms with E-state index in [0.717, 1.165) is 28.4 Å². The Bertz CT molecular complexity index is 1190. The van der Waals surface area contributed by atoms with Crippen LogP contribution >= 0.6 is 0 Å². The zero-order chi connectivity index (χ0) is 17.4. The van der Waals surface area contributed by atoms with Gasteiger partial charge < -0.3 is 0 Å². The summed E-state index contributed by atoms with van der Waals surface area (Å²) in [5, 5.41) is 2.68. The van der Waals surface area contributed by atoms with Gasteiger partial charge in [-0.05, 0) is 35.7 Å². The van der Waals surface area contributed by atoms with Crippen molar-refractivity contribution < 1.29 is 12.8 Å². The smallest absolute Gasteiger partial charge is 0.261 e. The fourth-order valence-corrected chi connectivity index (χ4v) is 3.87. The van der Waals surface area contributed by atoms with Gasteiger partial charge in [0.2, 0.25) is 0 Å². The molecule has 0 bridgehead atoms. The van der Waals surface area contributed by atoms with Crippen molar-refractivity contribution in [2.45, 2.75) is 4.90 Å². The highest BCUT2D eigenvalue weighted by molar-refractivity contribution is 7.92. The lowest BCUT2D eigenvalue weighted by Gasteiger charge is -2.11. The van der Waals surface area contributed by atoms with Crippen LogP contribution in [0, 0.1) is 5.82 Å². The van der Waals surface area contributed by atoms with Gasteiger partial charge in [0, 0.05) is 17.0 Å². The van der Waals surface area contributed by atoms with Crippen molar-refractivity contribution in [3.05, 3.63) is 78.7 Å². The maximum absolute atomic E-state index is 13.0. The van der Waals surface area contributed by atoms with Gasteiger partial charge in [-0.15, -0.1) is 0 Å². The molecule has 0 unspecified atom stereocenters. The molecule has 0 aliphatic rings. The van der Waals surface area contributed by atoms with Gasteiger partial charge in [-0.25, -0.2) is 12.8 Å². The second-order valence-electron chi connectivity index (χ2n) is 5.60. The van der Waals surface area contributed by atoms with Crippen molar-refractivity contribution in [3.8, 4) is 0 Å². The highest BCUT2D eigenvalue weighted by Crippen LogP contribution is 2.29.